The third-order valence-corrected chi connectivity index (χ3v) is 2.35. The second-order valence-electron chi connectivity index (χ2n) is 3.81. The predicted octanol–water partition coefficient (Wildman–Crippen LogP) is 2.55. The Kier molecular flexibility index (Phi) is 3.97. The molecule has 98 valence electrons. The maximum absolute atomic E-state index is 13.3. The lowest BCUT2D eigenvalue weighted by atomic mass is 10.3. The van der Waals surface area contributed by atoms with E-state index in [0.29, 0.717) is 5.75 Å². The van der Waals surface area contributed by atoms with E-state index in [2.05, 4.69) is 5.32 Å². The summed E-state index contributed by atoms with van der Waals surface area (Å²) in [5.74, 6) is -0.400. The zero-order chi connectivity index (χ0) is 13.7. The largest absolute Gasteiger partial charge is 0.508 e. The van der Waals surface area contributed by atoms with Gasteiger partial charge < -0.3 is 15.2 Å². The van der Waals surface area contributed by atoms with Crippen LogP contribution in [0.5, 0.6) is 11.5 Å². The van der Waals surface area contributed by atoms with E-state index >= 15 is 0 Å². The number of para-hydroxylation sites is 1. The molecule has 2 aromatic carbocycles. The minimum Gasteiger partial charge on any atom is -0.508 e. The van der Waals surface area contributed by atoms with Crippen LogP contribution in [0.15, 0.2) is 48.5 Å². The highest BCUT2D eigenvalue weighted by molar-refractivity contribution is 5.91. The van der Waals surface area contributed by atoms with Gasteiger partial charge in [-0.2, -0.15) is 0 Å². The van der Waals surface area contributed by atoms with Gasteiger partial charge in [0.1, 0.15) is 17.3 Å². The average molecular weight is 261 g/mol. The van der Waals surface area contributed by atoms with E-state index in [1.165, 1.54) is 42.5 Å². The summed E-state index contributed by atoms with van der Waals surface area (Å²) in [6, 6.07) is 11.9. The highest BCUT2D eigenvalue weighted by Gasteiger charge is 2.06. The molecule has 0 unspecified atom stereocenters. The molecule has 19 heavy (non-hydrogen) atoms. The van der Waals surface area contributed by atoms with Gasteiger partial charge >= 0.3 is 0 Å². The summed E-state index contributed by atoms with van der Waals surface area (Å²) in [5, 5.41) is 11.5. The Labute approximate surface area is 109 Å². The summed E-state index contributed by atoms with van der Waals surface area (Å²) < 4.78 is 18.5. The number of carbonyl (C=O) groups is 1. The summed E-state index contributed by atoms with van der Waals surface area (Å²) in [4.78, 5) is 11.6. The molecule has 4 nitrogen and oxygen atoms in total. The number of phenols is 1. The molecule has 0 saturated carbocycles. The molecule has 0 atom stereocenters. The number of amides is 1. The molecule has 0 radical (unpaired) electrons. The van der Waals surface area contributed by atoms with Gasteiger partial charge in [-0.05, 0) is 36.4 Å². The number of aromatic hydroxyl groups is 1. The molecule has 0 heterocycles. The van der Waals surface area contributed by atoms with Crippen molar-refractivity contribution in [2.45, 2.75) is 0 Å². The maximum atomic E-state index is 13.3. The number of hydrogen-bond donors (Lipinski definition) is 2. The van der Waals surface area contributed by atoms with Crippen LogP contribution in [-0.2, 0) is 4.79 Å². The van der Waals surface area contributed by atoms with Crippen LogP contribution in [-0.4, -0.2) is 17.6 Å². The number of carbonyl (C=O) groups excluding carboxylic acids is 1. The zero-order valence-corrected chi connectivity index (χ0v) is 9.97. The number of anilines is 1. The van der Waals surface area contributed by atoms with E-state index in [0.717, 1.165) is 0 Å². The number of halogens is 1. The molecule has 0 spiro atoms. The Morgan fingerprint density at radius 3 is 2.53 bits per heavy atom. The number of phenolic OH excluding ortho intramolecular Hbond substituents is 1. The van der Waals surface area contributed by atoms with Crippen molar-refractivity contribution in [1.82, 2.24) is 0 Å². The van der Waals surface area contributed by atoms with E-state index < -0.39 is 11.7 Å². The summed E-state index contributed by atoms with van der Waals surface area (Å²) >= 11 is 0. The first-order chi connectivity index (χ1) is 9.15. The summed E-state index contributed by atoms with van der Waals surface area (Å²) in [6.45, 7) is -0.237. The number of rotatable bonds is 4. The van der Waals surface area contributed by atoms with Gasteiger partial charge in [-0.15, -0.1) is 0 Å². The van der Waals surface area contributed by atoms with Crippen LogP contribution in [0.2, 0.25) is 0 Å². The molecule has 2 N–H and O–H groups in total. The Balaban J connectivity index is 1.88. The van der Waals surface area contributed by atoms with Gasteiger partial charge in [0.05, 0.1) is 5.69 Å². The first-order valence-electron chi connectivity index (χ1n) is 5.61. The quantitative estimate of drug-likeness (QED) is 0.889. The molecule has 2 aromatic rings. The van der Waals surface area contributed by atoms with Crippen LogP contribution in [0, 0.1) is 5.82 Å². The van der Waals surface area contributed by atoms with Gasteiger partial charge in [0.2, 0.25) is 0 Å². The van der Waals surface area contributed by atoms with Crippen LogP contribution in [0.25, 0.3) is 0 Å². The molecule has 0 aliphatic carbocycles. The van der Waals surface area contributed by atoms with E-state index in [1.54, 1.807) is 6.07 Å². The number of nitrogens with one attached hydrogen (secondary N) is 1. The van der Waals surface area contributed by atoms with Crippen LogP contribution in [0.3, 0.4) is 0 Å². The third-order valence-electron chi connectivity index (χ3n) is 2.35. The van der Waals surface area contributed by atoms with Gasteiger partial charge in [-0.25, -0.2) is 4.39 Å². The summed E-state index contributed by atoms with van der Waals surface area (Å²) in [5.41, 5.74) is 0.113. The third kappa shape index (κ3) is 3.70. The first-order valence-corrected chi connectivity index (χ1v) is 5.61. The van der Waals surface area contributed by atoms with Crippen LogP contribution >= 0.6 is 0 Å². The highest BCUT2D eigenvalue weighted by Crippen LogP contribution is 2.16. The highest BCUT2D eigenvalue weighted by atomic mass is 19.1. The molecule has 5 heteroatoms. The van der Waals surface area contributed by atoms with Crippen LogP contribution < -0.4 is 10.1 Å². The molecule has 0 aromatic heterocycles. The van der Waals surface area contributed by atoms with E-state index in [-0.39, 0.29) is 18.0 Å². The number of benzene rings is 2. The fourth-order valence-corrected chi connectivity index (χ4v) is 1.44. The van der Waals surface area contributed by atoms with Crippen molar-refractivity contribution in [2.75, 3.05) is 11.9 Å². The minimum absolute atomic E-state index is 0.113. The Morgan fingerprint density at radius 2 is 1.84 bits per heavy atom. The van der Waals surface area contributed by atoms with E-state index in [4.69, 9.17) is 9.84 Å². The molecule has 1 amide bonds. The average Bonchev–Trinajstić information content (AvgIpc) is 2.41. The van der Waals surface area contributed by atoms with Gasteiger partial charge in [-0.3, -0.25) is 4.79 Å². The lowest BCUT2D eigenvalue weighted by molar-refractivity contribution is -0.118. The van der Waals surface area contributed by atoms with Crippen molar-refractivity contribution >= 4 is 11.6 Å². The van der Waals surface area contributed by atoms with Gasteiger partial charge in [-0.1, -0.05) is 12.1 Å². The fourth-order valence-electron chi connectivity index (χ4n) is 1.44. The van der Waals surface area contributed by atoms with E-state index in [1.807, 2.05) is 0 Å². The molecule has 0 aliphatic heterocycles. The number of hydrogen-bond acceptors (Lipinski definition) is 3. The lowest BCUT2D eigenvalue weighted by Gasteiger charge is -2.08. The Morgan fingerprint density at radius 1 is 1.16 bits per heavy atom. The second-order valence-corrected chi connectivity index (χ2v) is 3.81. The molecule has 0 bridgehead atoms. The van der Waals surface area contributed by atoms with Crippen molar-refractivity contribution in [3.05, 3.63) is 54.3 Å². The van der Waals surface area contributed by atoms with Crippen molar-refractivity contribution in [2.24, 2.45) is 0 Å². The molecule has 0 aliphatic rings. The normalized spacial score (nSPS) is 9.95. The van der Waals surface area contributed by atoms with Crippen LogP contribution in [0.4, 0.5) is 10.1 Å². The van der Waals surface area contributed by atoms with Crippen molar-refractivity contribution in [3.8, 4) is 11.5 Å². The van der Waals surface area contributed by atoms with Crippen molar-refractivity contribution < 1.29 is 19.0 Å². The SMILES string of the molecule is O=C(COc1ccc(O)cc1)Nc1ccccc1F. The Bertz CT molecular complexity index is 569. The molecular weight excluding hydrogens is 249 g/mol. The monoisotopic (exact) mass is 261 g/mol. The number of ether oxygens (including phenoxy) is 1. The van der Waals surface area contributed by atoms with Crippen molar-refractivity contribution in [3.63, 3.8) is 0 Å². The molecule has 0 saturated heterocycles. The summed E-state index contributed by atoms with van der Waals surface area (Å²) in [7, 11) is 0. The van der Waals surface area contributed by atoms with Crippen LogP contribution in [0.1, 0.15) is 0 Å². The van der Waals surface area contributed by atoms with Gasteiger partial charge in [0.25, 0.3) is 5.91 Å². The molecule has 2 rings (SSSR count). The predicted molar refractivity (Wildman–Crippen MR) is 68.6 cm³/mol. The Hall–Kier alpha value is -2.56. The topological polar surface area (TPSA) is 58.6 Å². The fraction of sp³-hybridized carbons (Fsp3) is 0.0714. The minimum atomic E-state index is -0.500. The van der Waals surface area contributed by atoms with Crippen molar-refractivity contribution in [1.29, 1.82) is 0 Å². The maximum Gasteiger partial charge on any atom is 0.262 e. The molecular formula is C14H12FNO3. The van der Waals surface area contributed by atoms with Gasteiger partial charge in [0, 0.05) is 0 Å². The lowest BCUT2D eigenvalue weighted by Crippen LogP contribution is -2.20. The second kappa shape index (κ2) is 5.86. The smallest absolute Gasteiger partial charge is 0.262 e. The van der Waals surface area contributed by atoms with Gasteiger partial charge in [0.15, 0.2) is 6.61 Å². The summed E-state index contributed by atoms with van der Waals surface area (Å²) in [6.07, 6.45) is 0. The zero-order valence-electron chi connectivity index (χ0n) is 9.97. The molecule has 0 fully saturated rings. The first kappa shape index (κ1) is 12.9. The van der Waals surface area contributed by atoms with E-state index in [9.17, 15) is 9.18 Å². The standard InChI is InChI=1S/C14H12FNO3/c15-12-3-1-2-4-13(12)16-14(18)9-19-11-7-5-10(17)6-8-11/h1-8,17H,9H2,(H,16,18).